The normalized spacial score (nSPS) is 26.5. The van der Waals surface area contributed by atoms with Crippen LogP contribution in [0.2, 0.25) is 0 Å². The maximum absolute atomic E-state index is 13.0. The van der Waals surface area contributed by atoms with E-state index in [0.29, 0.717) is 0 Å². The first-order valence-corrected chi connectivity index (χ1v) is 8.80. The number of hydrogen-bond acceptors (Lipinski definition) is 4. The number of anilines is 1. The molecule has 1 saturated heterocycles. The largest absolute Gasteiger partial charge is 0.410 e. The van der Waals surface area contributed by atoms with E-state index in [-0.39, 0.29) is 29.9 Å². The molecule has 0 aromatic carbocycles. The van der Waals surface area contributed by atoms with Gasteiger partial charge >= 0.3 is 6.18 Å². The molecule has 0 aliphatic carbocycles. The molecule has 0 radical (unpaired) electrons. The smallest absolute Gasteiger partial charge is 0.296 e. The Morgan fingerprint density at radius 3 is 2.86 bits per heavy atom. The van der Waals surface area contributed by atoms with Crippen molar-refractivity contribution < 1.29 is 18.0 Å². The third-order valence-electron chi connectivity index (χ3n) is 3.58. The summed E-state index contributed by atoms with van der Waals surface area (Å²) in [5.41, 5.74) is 0. The van der Waals surface area contributed by atoms with E-state index in [4.69, 9.17) is 0 Å². The molecule has 1 fully saturated rings. The van der Waals surface area contributed by atoms with Crippen molar-refractivity contribution in [2.75, 3.05) is 28.7 Å². The number of halogens is 3. The van der Waals surface area contributed by atoms with Crippen molar-refractivity contribution >= 4 is 35.2 Å². The van der Waals surface area contributed by atoms with Crippen molar-refractivity contribution in [3.05, 3.63) is 12.3 Å². The summed E-state index contributed by atoms with van der Waals surface area (Å²) in [6, 6.07) is -0.156. The summed E-state index contributed by atoms with van der Waals surface area (Å²) in [5, 5.41) is 3.60. The fraction of sp³-hybridized carbons (Fsp3) is 0.667. The number of thioether (sulfide) groups is 2. The molecule has 0 N–H and O–H groups in total. The Hall–Kier alpha value is -0.830. The Labute approximate surface area is 128 Å². The predicted octanol–water partition coefficient (Wildman–Crippen LogP) is 2.57. The van der Waals surface area contributed by atoms with Crippen molar-refractivity contribution in [1.29, 1.82) is 0 Å². The van der Waals surface area contributed by atoms with E-state index in [1.165, 1.54) is 17.2 Å². The molecule has 2 aliphatic rings. The van der Waals surface area contributed by atoms with Crippen LogP contribution in [-0.4, -0.2) is 50.9 Å². The summed E-state index contributed by atoms with van der Waals surface area (Å²) in [4.78, 5) is 14.0. The van der Waals surface area contributed by atoms with Crippen molar-refractivity contribution in [1.82, 2.24) is 9.78 Å². The Balaban J connectivity index is 1.84. The number of nitrogens with zero attached hydrogens (tertiary/aromatic N) is 3. The number of hydrogen-bond donors (Lipinski definition) is 0. The molecule has 1 amide bonds. The predicted molar refractivity (Wildman–Crippen MR) is 77.9 cm³/mol. The lowest BCUT2D eigenvalue weighted by Crippen LogP contribution is -2.47. The molecule has 0 saturated carbocycles. The lowest BCUT2D eigenvalue weighted by atomic mass is 10.1. The molecule has 3 heterocycles. The van der Waals surface area contributed by atoms with E-state index in [1.54, 1.807) is 23.5 Å². The highest BCUT2D eigenvalue weighted by Crippen LogP contribution is 2.39. The Morgan fingerprint density at radius 2 is 2.19 bits per heavy atom. The third-order valence-corrected chi connectivity index (χ3v) is 6.32. The highest BCUT2D eigenvalue weighted by Gasteiger charge is 2.46. The molecule has 3 rings (SSSR count). The summed E-state index contributed by atoms with van der Waals surface area (Å²) in [5.74, 6) is 2.79. The standard InChI is InChI=1S/C12H14F3N3OS2/c13-12(14,15)9-2-4-17(10-1-3-16-18(9)10)11(19)8-7-20-5-6-21-8/h1,3,8-9H,2,4-7H2. The van der Waals surface area contributed by atoms with Crippen molar-refractivity contribution in [2.45, 2.75) is 23.9 Å². The number of amides is 1. The zero-order chi connectivity index (χ0) is 15.0. The average molecular weight is 337 g/mol. The Morgan fingerprint density at radius 1 is 1.38 bits per heavy atom. The van der Waals surface area contributed by atoms with Crippen LogP contribution in [0.25, 0.3) is 0 Å². The highest BCUT2D eigenvalue weighted by molar-refractivity contribution is 8.07. The Kier molecular flexibility index (Phi) is 4.13. The summed E-state index contributed by atoms with van der Waals surface area (Å²) in [7, 11) is 0. The first kappa shape index (κ1) is 15.1. The van der Waals surface area contributed by atoms with Crippen LogP contribution in [0.1, 0.15) is 12.5 Å². The fourth-order valence-electron chi connectivity index (χ4n) is 2.58. The molecule has 2 unspecified atom stereocenters. The summed E-state index contributed by atoms with van der Waals surface area (Å²) in [6.45, 7) is 0.0937. The van der Waals surface area contributed by atoms with Crippen molar-refractivity contribution in [2.24, 2.45) is 0 Å². The summed E-state index contributed by atoms with van der Waals surface area (Å²) >= 11 is 3.30. The van der Waals surface area contributed by atoms with E-state index >= 15 is 0 Å². The molecular weight excluding hydrogens is 323 g/mol. The van der Waals surface area contributed by atoms with Crippen LogP contribution in [0, 0.1) is 0 Å². The van der Waals surface area contributed by atoms with Gasteiger partial charge in [-0.2, -0.15) is 30.0 Å². The van der Waals surface area contributed by atoms with E-state index in [0.717, 1.165) is 21.9 Å². The van der Waals surface area contributed by atoms with Gasteiger partial charge in [0.2, 0.25) is 5.91 Å². The summed E-state index contributed by atoms with van der Waals surface area (Å²) in [6.07, 6.45) is -3.16. The van der Waals surface area contributed by atoms with Gasteiger partial charge in [0.1, 0.15) is 5.82 Å². The molecule has 116 valence electrons. The first-order chi connectivity index (χ1) is 9.98. The monoisotopic (exact) mass is 337 g/mol. The fourth-order valence-corrected chi connectivity index (χ4v) is 5.19. The van der Waals surface area contributed by atoms with Gasteiger partial charge in [-0.1, -0.05) is 0 Å². The SMILES string of the molecule is O=C(C1CSCCS1)N1CCC(C(F)(F)F)n2nccc21. The van der Waals surface area contributed by atoms with Gasteiger partial charge in [-0.05, 0) is 6.42 Å². The van der Waals surface area contributed by atoms with Crippen molar-refractivity contribution in [3.8, 4) is 0 Å². The highest BCUT2D eigenvalue weighted by atomic mass is 32.2. The van der Waals surface area contributed by atoms with Gasteiger partial charge in [0.25, 0.3) is 0 Å². The number of alkyl halides is 3. The van der Waals surface area contributed by atoms with Crippen LogP contribution in [0.15, 0.2) is 12.3 Å². The molecule has 4 nitrogen and oxygen atoms in total. The quantitative estimate of drug-likeness (QED) is 0.789. The molecule has 1 aromatic heterocycles. The van der Waals surface area contributed by atoms with Crippen molar-refractivity contribution in [3.63, 3.8) is 0 Å². The van der Waals surface area contributed by atoms with Gasteiger partial charge in [0.15, 0.2) is 6.04 Å². The van der Waals surface area contributed by atoms with Gasteiger partial charge < -0.3 is 0 Å². The minimum absolute atomic E-state index is 0.0937. The minimum atomic E-state index is -4.34. The lowest BCUT2D eigenvalue weighted by molar-refractivity contribution is -0.172. The molecule has 0 bridgehead atoms. The molecular formula is C12H14F3N3OS2. The molecule has 21 heavy (non-hydrogen) atoms. The van der Waals surface area contributed by atoms with Gasteiger partial charge in [-0.15, -0.1) is 11.8 Å². The number of carbonyl (C=O) groups excluding carboxylic acids is 1. The second kappa shape index (κ2) is 5.75. The molecule has 2 aliphatic heterocycles. The van der Waals surface area contributed by atoms with E-state index in [1.807, 2.05) is 0 Å². The van der Waals surface area contributed by atoms with Crippen LogP contribution in [-0.2, 0) is 4.79 Å². The molecule has 1 aromatic rings. The minimum Gasteiger partial charge on any atom is -0.296 e. The zero-order valence-electron chi connectivity index (χ0n) is 11.0. The number of carbonyl (C=O) groups is 1. The Bertz CT molecular complexity index is 528. The second-order valence-corrected chi connectivity index (χ2v) is 7.36. The van der Waals surface area contributed by atoms with Crippen LogP contribution in [0.5, 0.6) is 0 Å². The van der Waals surface area contributed by atoms with Crippen LogP contribution in [0.4, 0.5) is 19.0 Å². The summed E-state index contributed by atoms with van der Waals surface area (Å²) < 4.78 is 40.0. The zero-order valence-corrected chi connectivity index (χ0v) is 12.7. The van der Waals surface area contributed by atoms with Crippen LogP contribution < -0.4 is 4.90 Å². The van der Waals surface area contributed by atoms with Gasteiger partial charge in [-0.3, -0.25) is 9.69 Å². The van der Waals surface area contributed by atoms with Gasteiger partial charge in [-0.25, -0.2) is 4.68 Å². The molecule has 0 spiro atoms. The van der Waals surface area contributed by atoms with Gasteiger partial charge in [0, 0.05) is 29.9 Å². The second-order valence-electron chi connectivity index (χ2n) is 4.90. The van der Waals surface area contributed by atoms with Gasteiger partial charge in [0.05, 0.1) is 11.4 Å². The third kappa shape index (κ3) is 2.90. The number of fused-ring (bicyclic) bond motifs is 1. The number of rotatable bonds is 1. The molecule has 9 heteroatoms. The number of aromatic nitrogens is 2. The first-order valence-electron chi connectivity index (χ1n) is 6.59. The lowest BCUT2D eigenvalue weighted by Gasteiger charge is -2.35. The topological polar surface area (TPSA) is 38.1 Å². The van der Waals surface area contributed by atoms with E-state index in [2.05, 4.69) is 5.10 Å². The average Bonchev–Trinajstić information content (AvgIpc) is 2.94. The van der Waals surface area contributed by atoms with E-state index < -0.39 is 12.2 Å². The van der Waals surface area contributed by atoms with Crippen LogP contribution >= 0.6 is 23.5 Å². The maximum Gasteiger partial charge on any atom is 0.410 e. The molecule has 2 atom stereocenters. The van der Waals surface area contributed by atoms with Crippen LogP contribution in [0.3, 0.4) is 0 Å². The maximum atomic E-state index is 13.0. The van der Waals surface area contributed by atoms with E-state index in [9.17, 15) is 18.0 Å².